The molecule has 2 aromatic carbocycles. The summed E-state index contributed by atoms with van der Waals surface area (Å²) in [5, 5.41) is 5.12. The number of aryl methyl sites for hydroxylation is 2. The zero-order chi connectivity index (χ0) is 26.1. The fourth-order valence-electron chi connectivity index (χ4n) is 3.79. The van der Waals surface area contributed by atoms with Crippen LogP contribution in [0.3, 0.4) is 0 Å². The van der Waals surface area contributed by atoms with Crippen LogP contribution in [0.15, 0.2) is 42.5 Å². The molecule has 3 rings (SSSR count). The van der Waals surface area contributed by atoms with Gasteiger partial charge in [-0.15, -0.1) is 0 Å². The van der Waals surface area contributed by atoms with Gasteiger partial charge >= 0.3 is 12.2 Å². The van der Waals surface area contributed by atoms with Crippen LogP contribution in [0.25, 0.3) is 0 Å². The highest BCUT2D eigenvalue weighted by molar-refractivity contribution is 6.09. The molecule has 0 spiro atoms. The molecular weight excluding hydrogens is 465 g/mol. The molecule has 1 aliphatic rings. The fourth-order valence-corrected chi connectivity index (χ4v) is 3.79. The van der Waals surface area contributed by atoms with Crippen LogP contribution >= 0.6 is 0 Å². The quantitative estimate of drug-likeness (QED) is 0.608. The number of likely N-dealkylation sites (N-methyl/N-ethyl adjacent to an activating group) is 1. The summed E-state index contributed by atoms with van der Waals surface area (Å²) in [7, 11) is 1.34. The van der Waals surface area contributed by atoms with Gasteiger partial charge in [0.1, 0.15) is 12.1 Å². The van der Waals surface area contributed by atoms with E-state index in [1.165, 1.54) is 20.0 Å². The van der Waals surface area contributed by atoms with Gasteiger partial charge in [-0.3, -0.25) is 19.3 Å². The Kier molecular flexibility index (Phi) is 6.91. The van der Waals surface area contributed by atoms with Crippen molar-refractivity contribution in [2.45, 2.75) is 32.5 Å². The van der Waals surface area contributed by atoms with Crippen LogP contribution in [-0.4, -0.2) is 53.7 Å². The summed E-state index contributed by atoms with van der Waals surface area (Å²) in [6, 6.07) is 8.66. The third-order valence-corrected chi connectivity index (χ3v) is 5.89. The van der Waals surface area contributed by atoms with Crippen LogP contribution < -0.4 is 10.6 Å². The molecular formula is C24H25F3N4O4. The molecule has 1 aliphatic heterocycles. The van der Waals surface area contributed by atoms with Crippen molar-refractivity contribution < 1.29 is 32.3 Å². The number of halogens is 3. The highest BCUT2D eigenvalue weighted by Crippen LogP contribution is 2.34. The minimum absolute atomic E-state index is 0.0676. The van der Waals surface area contributed by atoms with Crippen molar-refractivity contribution in [3.8, 4) is 0 Å². The lowest BCUT2D eigenvalue weighted by Gasteiger charge is -2.24. The zero-order valence-electron chi connectivity index (χ0n) is 19.6. The smallest absolute Gasteiger partial charge is 0.335 e. The van der Waals surface area contributed by atoms with Gasteiger partial charge in [0.2, 0.25) is 11.8 Å². The van der Waals surface area contributed by atoms with Crippen LogP contribution in [0.5, 0.6) is 0 Å². The summed E-state index contributed by atoms with van der Waals surface area (Å²) in [5.74, 6) is -2.04. The summed E-state index contributed by atoms with van der Waals surface area (Å²) in [4.78, 5) is 52.3. The molecule has 0 aliphatic carbocycles. The fraction of sp³-hybridized carbons (Fsp3) is 0.333. The lowest BCUT2D eigenvalue weighted by molar-refractivity contribution is -0.139. The number of nitrogens with zero attached hydrogens (tertiary/aromatic N) is 2. The first-order chi connectivity index (χ1) is 16.2. The summed E-state index contributed by atoms with van der Waals surface area (Å²) < 4.78 is 39.3. The Bertz CT molecular complexity index is 1180. The first-order valence-electron chi connectivity index (χ1n) is 10.7. The third kappa shape index (κ3) is 5.28. The Morgan fingerprint density at radius 2 is 1.69 bits per heavy atom. The van der Waals surface area contributed by atoms with Gasteiger partial charge in [0.05, 0.1) is 12.1 Å². The second-order valence-corrected chi connectivity index (χ2v) is 8.59. The molecule has 0 saturated carbocycles. The molecule has 11 heteroatoms. The van der Waals surface area contributed by atoms with E-state index in [1.54, 1.807) is 0 Å². The number of carbonyl (C=O) groups is 4. The topological polar surface area (TPSA) is 98.8 Å². The normalized spacial score (nSPS) is 17.9. The van der Waals surface area contributed by atoms with E-state index in [-0.39, 0.29) is 12.1 Å². The van der Waals surface area contributed by atoms with Gasteiger partial charge in [-0.25, -0.2) is 4.79 Å². The summed E-state index contributed by atoms with van der Waals surface area (Å²) in [6.45, 7) is 3.93. The Balaban J connectivity index is 1.69. The molecule has 5 amide bonds. The Hall–Kier alpha value is -3.89. The molecule has 1 atom stereocenters. The van der Waals surface area contributed by atoms with Gasteiger partial charge in [0, 0.05) is 12.7 Å². The maximum atomic E-state index is 13.1. The Labute approximate surface area is 200 Å². The summed E-state index contributed by atoms with van der Waals surface area (Å²) >= 11 is 0. The Morgan fingerprint density at radius 3 is 2.29 bits per heavy atom. The zero-order valence-corrected chi connectivity index (χ0v) is 19.6. The molecule has 0 radical (unpaired) electrons. The third-order valence-electron chi connectivity index (χ3n) is 5.89. The number of amides is 5. The molecule has 2 aromatic rings. The minimum atomic E-state index is -4.63. The molecule has 35 heavy (non-hydrogen) atoms. The van der Waals surface area contributed by atoms with Crippen LogP contribution in [-0.2, 0) is 26.1 Å². The number of anilines is 1. The molecule has 2 N–H and O–H groups in total. The van der Waals surface area contributed by atoms with Crippen LogP contribution in [0.1, 0.15) is 29.2 Å². The van der Waals surface area contributed by atoms with Crippen LogP contribution in [0.4, 0.5) is 23.7 Å². The number of urea groups is 1. The Morgan fingerprint density at radius 1 is 1.09 bits per heavy atom. The molecule has 1 unspecified atom stereocenters. The summed E-state index contributed by atoms with van der Waals surface area (Å²) in [5.41, 5.74) is -0.494. The molecule has 8 nitrogen and oxygen atoms in total. The molecule has 1 saturated heterocycles. The average molecular weight is 490 g/mol. The molecule has 1 heterocycles. The number of benzene rings is 2. The standard InChI is InChI=1S/C24H25F3N4O4/c1-14-7-5-8-15(2)20(14)28-18(32)12-30(4)19(33)13-31-21(34)23(3,29-22(31)35)16-9-6-10-17(11-16)24(25,26)27/h5-11H,12-13H2,1-4H3,(H,28,32)(H,29,35). The van der Waals surface area contributed by atoms with Gasteiger partial charge in [-0.1, -0.05) is 30.3 Å². The second kappa shape index (κ2) is 9.40. The predicted octanol–water partition coefficient (Wildman–Crippen LogP) is 3.19. The number of carbonyl (C=O) groups excluding carboxylic acids is 4. The first-order valence-corrected chi connectivity index (χ1v) is 10.7. The van der Waals surface area contributed by atoms with E-state index in [2.05, 4.69) is 10.6 Å². The maximum Gasteiger partial charge on any atom is 0.416 e. The van der Waals surface area contributed by atoms with Crippen LogP contribution in [0, 0.1) is 13.8 Å². The van der Waals surface area contributed by atoms with Gasteiger partial charge in [-0.2, -0.15) is 13.2 Å². The van der Waals surface area contributed by atoms with E-state index in [0.717, 1.165) is 34.2 Å². The van der Waals surface area contributed by atoms with Crippen molar-refractivity contribution in [1.29, 1.82) is 0 Å². The second-order valence-electron chi connectivity index (χ2n) is 8.59. The lowest BCUT2D eigenvalue weighted by atomic mass is 9.90. The van der Waals surface area contributed by atoms with E-state index < -0.39 is 47.6 Å². The van der Waals surface area contributed by atoms with Crippen molar-refractivity contribution in [3.05, 3.63) is 64.7 Å². The first kappa shape index (κ1) is 25.7. The van der Waals surface area contributed by atoms with Crippen molar-refractivity contribution in [1.82, 2.24) is 15.1 Å². The van der Waals surface area contributed by atoms with Gasteiger partial charge in [0.15, 0.2) is 0 Å². The number of hydrogen-bond donors (Lipinski definition) is 2. The largest absolute Gasteiger partial charge is 0.416 e. The van der Waals surface area contributed by atoms with Crippen molar-refractivity contribution >= 4 is 29.4 Å². The van der Waals surface area contributed by atoms with Crippen molar-refractivity contribution in [2.75, 3.05) is 25.5 Å². The number of imide groups is 1. The molecule has 186 valence electrons. The lowest BCUT2D eigenvalue weighted by Crippen LogP contribution is -2.45. The van der Waals surface area contributed by atoms with E-state index in [9.17, 15) is 32.3 Å². The average Bonchev–Trinajstić information content (AvgIpc) is 2.99. The monoisotopic (exact) mass is 490 g/mol. The van der Waals surface area contributed by atoms with E-state index >= 15 is 0 Å². The number of nitrogens with one attached hydrogen (secondary N) is 2. The molecule has 1 fully saturated rings. The molecule has 0 bridgehead atoms. The highest BCUT2D eigenvalue weighted by atomic mass is 19.4. The number of para-hydroxylation sites is 1. The molecule has 0 aromatic heterocycles. The maximum absolute atomic E-state index is 13.1. The number of hydrogen-bond acceptors (Lipinski definition) is 4. The minimum Gasteiger partial charge on any atom is -0.335 e. The summed E-state index contributed by atoms with van der Waals surface area (Å²) in [6.07, 6.45) is -4.63. The van der Waals surface area contributed by atoms with Crippen LogP contribution in [0.2, 0.25) is 0 Å². The van der Waals surface area contributed by atoms with Crippen molar-refractivity contribution in [2.24, 2.45) is 0 Å². The van der Waals surface area contributed by atoms with E-state index in [1.807, 2.05) is 32.0 Å². The van der Waals surface area contributed by atoms with Crippen molar-refractivity contribution in [3.63, 3.8) is 0 Å². The van der Waals surface area contributed by atoms with E-state index in [0.29, 0.717) is 10.6 Å². The van der Waals surface area contributed by atoms with Gasteiger partial charge in [0.25, 0.3) is 5.91 Å². The number of rotatable bonds is 6. The predicted molar refractivity (Wildman–Crippen MR) is 121 cm³/mol. The highest BCUT2D eigenvalue weighted by Gasteiger charge is 2.50. The SMILES string of the molecule is Cc1cccc(C)c1NC(=O)CN(C)C(=O)CN1C(=O)NC(C)(c2cccc(C(F)(F)F)c2)C1=O. The van der Waals surface area contributed by atoms with Gasteiger partial charge < -0.3 is 15.5 Å². The number of alkyl halides is 3. The van der Waals surface area contributed by atoms with Gasteiger partial charge in [-0.05, 0) is 49.6 Å². The van der Waals surface area contributed by atoms with E-state index in [4.69, 9.17) is 0 Å².